The fourth-order valence-corrected chi connectivity index (χ4v) is 3.96. The number of aliphatic hydroxyl groups is 1. The summed E-state index contributed by atoms with van der Waals surface area (Å²) in [6.07, 6.45) is 0.133. The molecule has 2 N–H and O–H groups in total. The van der Waals surface area contributed by atoms with Gasteiger partial charge < -0.3 is 19.7 Å². The van der Waals surface area contributed by atoms with Gasteiger partial charge in [-0.15, -0.1) is 0 Å². The summed E-state index contributed by atoms with van der Waals surface area (Å²) in [7, 11) is -4.50. The summed E-state index contributed by atoms with van der Waals surface area (Å²) in [6.45, 7) is 9.89. The van der Waals surface area contributed by atoms with Crippen molar-refractivity contribution in [1.82, 2.24) is 5.32 Å². The fraction of sp³-hybridized carbons (Fsp3) is 0.889. The van der Waals surface area contributed by atoms with E-state index in [2.05, 4.69) is 5.32 Å². The third-order valence-corrected chi connectivity index (χ3v) is 5.09. The monoisotopic (exact) mass is 431 g/mol. The SMILES string of the molecule is CCC(O)CC(CC(CC(C)C)C(=O)NC(C)(C)CS(=O)(=O)[O-])OC(C)=O.[Na+]. The van der Waals surface area contributed by atoms with Crippen molar-refractivity contribution in [3.05, 3.63) is 0 Å². The molecule has 0 radical (unpaired) electrons. The van der Waals surface area contributed by atoms with Crippen molar-refractivity contribution < 1.29 is 62.0 Å². The summed E-state index contributed by atoms with van der Waals surface area (Å²) in [4.78, 5) is 24.1. The minimum absolute atomic E-state index is 0. The molecule has 0 aromatic carbocycles. The number of carbonyl (C=O) groups is 2. The summed E-state index contributed by atoms with van der Waals surface area (Å²) in [5.74, 6) is -2.00. The average molecular weight is 432 g/mol. The Morgan fingerprint density at radius 1 is 1.18 bits per heavy atom. The summed E-state index contributed by atoms with van der Waals surface area (Å²) in [6, 6.07) is 0. The van der Waals surface area contributed by atoms with Gasteiger partial charge >= 0.3 is 35.5 Å². The Kier molecular flexibility index (Phi) is 14.1. The number of esters is 1. The molecule has 0 bridgehead atoms. The van der Waals surface area contributed by atoms with Crippen LogP contribution in [-0.2, 0) is 24.4 Å². The zero-order chi connectivity index (χ0) is 21.4. The predicted molar refractivity (Wildman–Crippen MR) is 101 cm³/mol. The van der Waals surface area contributed by atoms with Crippen LogP contribution in [0.25, 0.3) is 0 Å². The van der Waals surface area contributed by atoms with Crippen LogP contribution in [-0.4, -0.2) is 53.5 Å². The molecule has 3 atom stereocenters. The maximum atomic E-state index is 12.7. The van der Waals surface area contributed by atoms with Gasteiger partial charge in [0.1, 0.15) is 6.10 Å². The van der Waals surface area contributed by atoms with Crippen LogP contribution < -0.4 is 34.9 Å². The molecular formula is C18H34NNaO7S. The van der Waals surface area contributed by atoms with E-state index in [1.54, 1.807) is 6.92 Å². The van der Waals surface area contributed by atoms with Gasteiger partial charge in [-0.2, -0.15) is 0 Å². The maximum absolute atomic E-state index is 12.7. The van der Waals surface area contributed by atoms with Crippen LogP contribution in [0.5, 0.6) is 0 Å². The summed E-state index contributed by atoms with van der Waals surface area (Å²) >= 11 is 0. The minimum Gasteiger partial charge on any atom is -0.748 e. The number of hydrogen-bond donors (Lipinski definition) is 2. The van der Waals surface area contributed by atoms with Gasteiger partial charge in [0.2, 0.25) is 5.91 Å². The number of rotatable bonds is 12. The predicted octanol–water partition coefficient (Wildman–Crippen LogP) is -1.42. The zero-order valence-corrected chi connectivity index (χ0v) is 21.0. The van der Waals surface area contributed by atoms with Crippen molar-refractivity contribution in [2.45, 2.75) is 85.0 Å². The molecule has 0 spiro atoms. The van der Waals surface area contributed by atoms with E-state index in [1.807, 2.05) is 13.8 Å². The number of ether oxygens (including phenoxy) is 1. The van der Waals surface area contributed by atoms with Crippen LogP contribution >= 0.6 is 0 Å². The molecule has 0 saturated heterocycles. The van der Waals surface area contributed by atoms with E-state index in [0.29, 0.717) is 12.8 Å². The summed E-state index contributed by atoms with van der Waals surface area (Å²) < 4.78 is 38.4. The van der Waals surface area contributed by atoms with Crippen molar-refractivity contribution in [3.63, 3.8) is 0 Å². The van der Waals surface area contributed by atoms with Crippen molar-refractivity contribution >= 4 is 22.0 Å². The average Bonchev–Trinajstić information content (AvgIpc) is 2.41. The second-order valence-electron chi connectivity index (χ2n) is 8.17. The number of nitrogens with one attached hydrogen (secondary N) is 1. The summed E-state index contributed by atoms with van der Waals surface area (Å²) in [5.41, 5.74) is -1.22. The minimum atomic E-state index is -4.50. The van der Waals surface area contributed by atoms with Crippen LogP contribution in [0.2, 0.25) is 0 Å². The molecular weight excluding hydrogens is 397 g/mol. The van der Waals surface area contributed by atoms with E-state index in [4.69, 9.17) is 4.74 Å². The van der Waals surface area contributed by atoms with Crippen molar-refractivity contribution in [3.8, 4) is 0 Å². The Hall–Kier alpha value is -0.190. The van der Waals surface area contributed by atoms with E-state index in [1.165, 1.54) is 20.8 Å². The Labute approximate surface area is 191 Å². The van der Waals surface area contributed by atoms with E-state index < -0.39 is 51.4 Å². The molecule has 0 saturated carbocycles. The Balaban J connectivity index is 0. The fourth-order valence-electron chi connectivity index (χ4n) is 3.01. The zero-order valence-electron chi connectivity index (χ0n) is 18.1. The van der Waals surface area contributed by atoms with Gasteiger partial charge in [-0.1, -0.05) is 20.8 Å². The Morgan fingerprint density at radius 2 is 1.71 bits per heavy atom. The van der Waals surface area contributed by atoms with E-state index in [0.717, 1.165) is 0 Å². The van der Waals surface area contributed by atoms with Crippen LogP contribution in [0.4, 0.5) is 0 Å². The second kappa shape index (κ2) is 13.2. The largest absolute Gasteiger partial charge is 1.00 e. The number of hydrogen-bond acceptors (Lipinski definition) is 7. The van der Waals surface area contributed by atoms with E-state index >= 15 is 0 Å². The molecule has 10 heteroatoms. The standard InChI is InChI=1S/C18H35NO7S.Na/c1-7-15(21)10-16(26-13(4)20)9-14(8-12(2)3)17(22)19-18(5,6)11-27(23,24)25;/h12,14-16,21H,7-11H2,1-6H3,(H,19,22)(H,23,24,25);/q;+1/p-1. The van der Waals surface area contributed by atoms with Gasteiger partial charge in [0.05, 0.1) is 22.0 Å². The molecule has 0 rings (SSSR count). The maximum Gasteiger partial charge on any atom is 1.00 e. The molecule has 160 valence electrons. The smallest absolute Gasteiger partial charge is 0.748 e. The molecule has 8 nitrogen and oxygen atoms in total. The van der Waals surface area contributed by atoms with E-state index in [9.17, 15) is 27.7 Å². The van der Waals surface area contributed by atoms with Crippen molar-refractivity contribution in [1.29, 1.82) is 0 Å². The van der Waals surface area contributed by atoms with Crippen molar-refractivity contribution in [2.24, 2.45) is 11.8 Å². The first kappa shape index (κ1) is 30.0. The first-order valence-corrected chi connectivity index (χ1v) is 10.8. The molecule has 3 unspecified atom stereocenters. The van der Waals surface area contributed by atoms with Crippen LogP contribution in [0.1, 0.15) is 67.2 Å². The Morgan fingerprint density at radius 3 is 2.11 bits per heavy atom. The molecule has 1 amide bonds. The van der Waals surface area contributed by atoms with Gasteiger partial charge in [-0.25, -0.2) is 8.42 Å². The van der Waals surface area contributed by atoms with Gasteiger partial charge in [-0.3, -0.25) is 9.59 Å². The molecule has 0 aromatic heterocycles. The Bertz CT molecular complexity index is 593. The first-order chi connectivity index (χ1) is 12.1. The van der Waals surface area contributed by atoms with Crippen LogP contribution in [0.15, 0.2) is 0 Å². The number of carbonyl (C=O) groups excluding carboxylic acids is 2. The number of amides is 1. The third-order valence-electron chi connectivity index (χ3n) is 4.01. The summed E-state index contributed by atoms with van der Waals surface area (Å²) in [5, 5.41) is 12.5. The first-order valence-electron chi connectivity index (χ1n) is 9.26. The molecule has 0 heterocycles. The molecule has 28 heavy (non-hydrogen) atoms. The molecule has 0 aliphatic rings. The topological polar surface area (TPSA) is 133 Å². The third kappa shape index (κ3) is 14.8. The second-order valence-corrected chi connectivity index (χ2v) is 9.57. The van der Waals surface area contributed by atoms with Gasteiger partial charge in [0.15, 0.2) is 0 Å². The number of aliphatic hydroxyl groups excluding tert-OH is 1. The van der Waals surface area contributed by atoms with Crippen LogP contribution in [0.3, 0.4) is 0 Å². The van der Waals surface area contributed by atoms with Gasteiger partial charge in [-0.05, 0) is 39.0 Å². The van der Waals surface area contributed by atoms with Gasteiger partial charge in [0, 0.05) is 24.8 Å². The quantitative estimate of drug-likeness (QED) is 0.220. The molecule has 0 fully saturated rings. The van der Waals surface area contributed by atoms with Crippen molar-refractivity contribution in [2.75, 3.05) is 5.75 Å². The van der Waals surface area contributed by atoms with Crippen LogP contribution in [0, 0.1) is 11.8 Å². The molecule has 0 aromatic rings. The normalized spacial score (nSPS) is 15.3. The van der Waals surface area contributed by atoms with E-state index in [-0.39, 0.29) is 48.3 Å². The van der Waals surface area contributed by atoms with Gasteiger partial charge in [0.25, 0.3) is 0 Å². The molecule has 0 aliphatic heterocycles. The molecule has 0 aliphatic carbocycles.